The molecule has 6 nitrogen and oxygen atoms in total. The molecule has 2 rings (SSSR count). The lowest BCUT2D eigenvalue weighted by Gasteiger charge is -2.32. The van der Waals surface area contributed by atoms with E-state index in [-0.39, 0.29) is 6.54 Å². The Kier molecular flexibility index (Phi) is 2.66. The van der Waals surface area contributed by atoms with E-state index in [2.05, 4.69) is 5.10 Å². The molecule has 0 bridgehead atoms. The minimum Gasteiger partial charge on any atom is -0.480 e. The highest BCUT2D eigenvalue weighted by atomic mass is 19.1. The first-order valence-corrected chi connectivity index (χ1v) is 4.94. The second-order valence-electron chi connectivity index (χ2n) is 3.69. The smallest absolute Gasteiger partial charge is 0.328 e. The molecule has 0 aromatic heterocycles. The molecule has 0 aromatic carbocycles. The Hall–Kier alpha value is -2.18. The van der Waals surface area contributed by atoms with Gasteiger partial charge in [-0.15, -0.1) is 0 Å². The first-order valence-electron chi connectivity index (χ1n) is 4.94. The Morgan fingerprint density at radius 2 is 2.29 bits per heavy atom. The van der Waals surface area contributed by atoms with Gasteiger partial charge in [0.1, 0.15) is 18.4 Å². The van der Waals surface area contributed by atoms with E-state index in [4.69, 9.17) is 5.11 Å². The van der Waals surface area contributed by atoms with Crippen LogP contribution < -0.4 is 0 Å². The number of carbonyl (C=O) groups is 2. The molecule has 2 aliphatic heterocycles. The monoisotopic (exact) mass is 239 g/mol. The second-order valence-corrected chi connectivity index (χ2v) is 3.69. The van der Waals surface area contributed by atoms with E-state index in [0.29, 0.717) is 5.84 Å². The Morgan fingerprint density at radius 3 is 2.94 bits per heavy atom. The van der Waals surface area contributed by atoms with Gasteiger partial charge in [-0.3, -0.25) is 4.79 Å². The molecular formula is C10H10FN3O3. The normalized spacial score (nSPS) is 20.7. The number of nitrogens with zero attached hydrogens (tertiary/aromatic N) is 3. The van der Waals surface area contributed by atoms with E-state index in [1.165, 1.54) is 24.0 Å². The number of carbonyl (C=O) groups excluding carboxylic acids is 1. The summed E-state index contributed by atoms with van der Waals surface area (Å²) in [4.78, 5) is 23.8. The van der Waals surface area contributed by atoms with Crippen molar-refractivity contribution in [3.63, 3.8) is 0 Å². The lowest BCUT2D eigenvalue weighted by atomic mass is 10.2. The van der Waals surface area contributed by atoms with Gasteiger partial charge in [-0.25, -0.2) is 14.2 Å². The molecule has 1 unspecified atom stereocenters. The molecule has 0 radical (unpaired) electrons. The molecule has 0 aromatic rings. The van der Waals surface area contributed by atoms with Gasteiger partial charge in [0.25, 0.3) is 5.91 Å². The fourth-order valence-corrected chi connectivity index (χ4v) is 1.52. The molecule has 90 valence electrons. The van der Waals surface area contributed by atoms with Gasteiger partial charge in [0, 0.05) is 6.20 Å². The van der Waals surface area contributed by atoms with Gasteiger partial charge in [-0.05, 0) is 19.1 Å². The van der Waals surface area contributed by atoms with Gasteiger partial charge in [-0.1, -0.05) is 0 Å². The SMILES string of the molecule is CC(C(=O)O)N1N=C2C=CC(F)=CN2CC1=O. The van der Waals surface area contributed by atoms with Crippen LogP contribution in [0.15, 0.2) is 29.3 Å². The molecule has 0 spiro atoms. The summed E-state index contributed by atoms with van der Waals surface area (Å²) < 4.78 is 12.9. The van der Waals surface area contributed by atoms with Crippen LogP contribution in [-0.2, 0) is 9.59 Å². The van der Waals surface area contributed by atoms with Crippen LogP contribution in [0.3, 0.4) is 0 Å². The van der Waals surface area contributed by atoms with Crippen LogP contribution in [0.4, 0.5) is 4.39 Å². The highest BCUT2D eigenvalue weighted by molar-refractivity contribution is 6.01. The first-order chi connectivity index (χ1) is 7.99. The predicted octanol–water partition coefficient (Wildman–Crippen LogP) is 0.298. The molecule has 0 saturated heterocycles. The van der Waals surface area contributed by atoms with Gasteiger partial charge in [0.15, 0.2) is 5.84 Å². The number of rotatable bonds is 2. The lowest BCUT2D eigenvalue weighted by Crippen LogP contribution is -2.50. The zero-order valence-corrected chi connectivity index (χ0v) is 9.00. The second kappa shape index (κ2) is 4.00. The van der Waals surface area contributed by atoms with Gasteiger partial charge in [-0.2, -0.15) is 5.10 Å². The summed E-state index contributed by atoms with van der Waals surface area (Å²) in [5.41, 5.74) is 0. The number of hydrogen-bond acceptors (Lipinski definition) is 4. The third kappa shape index (κ3) is 2.03. The molecule has 1 amide bonds. The minimum absolute atomic E-state index is 0.117. The van der Waals surface area contributed by atoms with E-state index < -0.39 is 23.7 Å². The molecule has 2 heterocycles. The summed E-state index contributed by atoms with van der Waals surface area (Å²) >= 11 is 0. The van der Waals surface area contributed by atoms with Crippen molar-refractivity contribution in [3.8, 4) is 0 Å². The number of carboxylic acid groups (broad SMARTS) is 1. The summed E-state index contributed by atoms with van der Waals surface area (Å²) in [6.45, 7) is 1.25. The van der Waals surface area contributed by atoms with Gasteiger partial charge in [0.2, 0.25) is 0 Å². The number of halogens is 1. The first kappa shape index (κ1) is 11.3. The molecule has 7 heteroatoms. The molecule has 0 saturated carbocycles. The van der Waals surface area contributed by atoms with Crippen LogP contribution in [0.5, 0.6) is 0 Å². The van der Waals surface area contributed by atoms with E-state index in [9.17, 15) is 14.0 Å². The maximum atomic E-state index is 12.9. The summed E-state index contributed by atoms with van der Waals surface area (Å²) in [5, 5.41) is 13.6. The van der Waals surface area contributed by atoms with Gasteiger partial charge < -0.3 is 10.0 Å². The van der Waals surface area contributed by atoms with Crippen molar-refractivity contribution in [3.05, 3.63) is 24.2 Å². The van der Waals surface area contributed by atoms with E-state index in [1.54, 1.807) is 0 Å². The zero-order chi connectivity index (χ0) is 12.6. The van der Waals surface area contributed by atoms with Crippen molar-refractivity contribution < 1.29 is 19.1 Å². The van der Waals surface area contributed by atoms with E-state index in [1.807, 2.05) is 0 Å². The Balaban J connectivity index is 2.30. The summed E-state index contributed by atoms with van der Waals surface area (Å²) in [5.74, 6) is -1.75. The van der Waals surface area contributed by atoms with Crippen molar-refractivity contribution in [2.75, 3.05) is 6.54 Å². The van der Waals surface area contributed by atoms with Crippen molar-refractivity contribution >= 4 is 17.7 Å². The molecular weight excluding hydrogens is 229 g/mol. The van der Waals surface area contributed by atoms with Gasteiger partial charge >= 0.3 is 5.97 Å². The highest BCUT2D eigenvalue weighted by Crippen LogP contribution is 2.17. The largest absolute Gasteiger partial charge is 0.480 e. The van der Waals surface area contributed by atoms with E-state index >= 15 is 0 Å². The van der Waals surface area contributed by atoms with Crippen LogP contribution in [0.25, 0.3) is 0 Å². The average Bonchev–Trinajstić information content (AvgIpc) is 2.27. The number of aliphatic carboxylic acids is 1. The molecule has 17 heavy (non-hydrogen) atoms. The fourth-order valence-electron chi connectivity index (χ4n) is 1.52. The lowest BCUT2D eigenvalue weighted by molar-refractivity contribution is -0.150. The fraction of sp³-hybridized carbons (Fsp3) is 0.300. The third-order valence-corrected chi connectivity index (χ3v) is 2.46. The predicted molar refractivity (Wildman–Crippen MR) is 56.4 cm³/mol. The third-order valence-electron chi connectivity index (χ3n) is 2.46. The number of amides is 1. The summed E-state index contributed by atoms with van der Waals surface area (Å²) in [6.07, 6.45) is 3.75. The number of hydrogen-bond donors (Lipinski definition) is 1. The van der Waals surface area contributed by atoms with Crippen molar-refractivity contribution in [2.45, 2.75) is 13.0 Å². The summed E-state index contributed by atoms with van der Waals surface area (Å²) in [7, 11) is 0. The van der Waals surface area contributed by atoms with Crippen LogP contribution in [0.2, 0.25) is 0 Å². The number of amidine groups is 1. The van der Waals surface area contributed by atoms with Crippen LogP contribution >= 0.6 is 0 Å². The van der Waals surface area contributed by atoms with E-state index in [0.717, 1.165) is 11.2 Å². The molecule has 2 aliphatic rings. The number of hydrazone groups is 1. The van der Waals surface area contributed by atoms with Gasteiger partial charge in [0.05, 0.1) is 0 Å². The molecule has 0 aliphatic carbocycles. The standard InChI is InChI=1S/C10H10FN3O3/c1-6(10(16)17)14-9(15)5-13-4-7(11)2-3-8(13)12-14/h2-4,6H,5H2,1H3,(H,16,17). The Labute approximate surface area is 96.3 Å². The minimum atomic E-state index is -1.14. The Bertz CT molecular complexity index is 469. The highest BCUT2D eigenvalue weighted by Gasteiger charge is 2.32. The van der Waals surface area contributed by atoms with Crippen molar-refractivity contribution in [1.29, 1.82) is 0 Å². The Morgan fingerprint density at radius 1 is 1.59 bits per heavy atom. The van der Waals surface area contributed by atoms with Crippen molar-refractivity contribution in [1.82, 2.24) is 9.91 Å². The maximum absolute atomic E-state index is 12.9. The van der Waals surface area contributed by atoms with Crippen LogP contribution in [0, 0.1) is 0 Å². The maximum Gasteiger partial charge on any atom is 0.328 e. The van der Waals surface area contributed by atoms with Crippen LogP contribution in [0.1, 0.15) is 6.92 Å². The topological polar surface area (TPSA) is 73.2 Å². The average molecular weight is 239 g/mol. The molecule has 1 atom stereocenters. The number of fused-ring (bicyclic) bond motifs is 1. The van der Waals surface area contributed by atoms with Crippen LogP contribution in [-0.4, -0.2) is 45.3 Å². The van der Waals surface area contributed by atoms with Crippen molar-refractivity contribution in [2.24, 2.45) is 5.10 Å². The zero-order valence-electron chi connectivity index (χ0n) is 9.00. The quantitative estimate of drug-likeness (QED) is 0.752. The number of carboxylic acids is 1. The number of allylic oxidation sites excluding steroid dienone is 2. The summed E-state index contributed by atoms with van der Waals surface area (Å²) in [6, 6.07) is -1.04. The molecule has 0 fully saturated rings. The molecule has 1 N–H and O–H groups in total.